The Morgan fingerprint density at radius 2 is 1.81 bits per heavy atom. The third-order valence-electron chi connectivity index (χ3n) is 3.98. The third-order valence-corrected chi connectivity index (χ3v) is 3.98. The van der Waals surface area contributed by atoms with E-state index in [4.69, 9.17) is 19.8 Å². The third kappa shape index (κ3) is 2.98. The largest absolute Gasteiger partial charge is 0.496 e. The van der Waals surface area contributed by atoms with Crippen LogP contribution in [0, 0.1) is 0 Å². The quantitative estimate of drug-likeness (QED) is 0.634. The topological polar surface area (TPSA) is 82.8 Å². The summed E-state index contributed by atoms with van der Waals surface area (Å²) < 4.78 is 16.9. The van der Waals surface area contributed by atoms with E-state index in [1.54, 1.807) is 18.2 Å². The summed E-state index contributed by atoms with van der Waals surface area (Å²) in [6, 6.07) is 4.98. The average molecular weight is 292 g/mol. The summed E-state index contributed by atoms with van der Waals surface area (Å²) in [4.78, 5) is 11.2. The van der Waals surface area contributed by atoms with Gasteiger partial charge in [-0.25, -0.2) is 4.79 Å². The zero-order valence-electron chi connectivity index (χ0n) is 13.0. The zero-order valence-corrected chi connectivity index (χ0v) is 13.0. The van der Waals surface area contributed by atoms with Crippen molar-refractivity contribution in [3.63, 3.8) is 0 Å². The van der Waals surface area contributed by atoms with Gasteiger partial charge in [-0.3, -0.25) is 0 Å². The van der Waals surface area contributed by atoms with Gasteiger partial charge in [-0.05, 0) is 33.8 Å². The minimum absolute atomic E-state index is 0.368. The van der Waals surface area contributed by atoms with E-state index in [1.807, 2.05) is 27.7 Å². The van der Waals surface area contributed by atoms with E-state index in [1.165, 1.54) is 7.05 Å². The highest BCUT2D eigenvalue weighted by atomic mass is 16.7. The van der Waals surface area contributed by atoms with Gasteiger partial charge >= 0.3 is 13.2 Å². The molecule has 7 heteroatoms. The van der Waals surface area contributed by atoms with Gasteiger partial charge in [0.15, 0.2) is 0 Å². The second kappa shape index (κ2) is 5.24. The zero-order chi connectivity index (χ0) is 15.8. The summed E-state index contributed by atoms with van der Waals surface area (Å²) in [6.45, 7) is 7.91. The highest BCUT2D eigenvalue weighted by molar-refractivity contribution is 6.63. The van der Waals surface area contributed by atoms with Crippen molar-refractivity contribution in [2.45, 2.75) is 38.9 Å². The minimum atomic E-state index is -0.544. The molecule has 1 aromatic rings. The van der Waals surface area contributed by atoms with Crippen LogP contribution in [-0.4, -0.2) is 31.5 Å². The normalized spacial score (nSPS) is 19.4. The minimum Gasteiger partial charge on any atom is -0.410 e. The molecule has 3 N–H and O–H groups in total. The molecule has 0 aromatic heterocycles. The summed E-state index contributed by atoms with van der Waals surface area (Å²) in [5.74, 6) is 0.368. The van der Waals surface area contributed by atoms with E-state index in [-0.39, 0.29) is 0 Å². The van der Waals surface area contributed by atoms with Crippen molar-refractivity contribution >= 4 is 24.4 Å². The fourth-order valence-corrected chi connectivity index (χ4v) is 1.96. The molecular formula is C14H21BN2O4. The maximum atomic E-state index is 11.2. The van der Waals surface area contributed by atoms with Crippen LogP contribution in [0.5, 0.6) is 5.75 Å². The van der Waals surface area contributed by atoms with E-state index in [0.29, 0.717) is 11.4 Å². The molecule has 1 saturated heterocycles. The standard InChI is InChI=1S/C14H21BN2O4/c1-13(2)14(3,4)21-15(20-13)10-7-6-9(8-11(10)16)19-12(18)17-5/h6-8H,16H2,1-5H3,(H,17,18). The lowest BCUT2D eigenvalue weighted by Crippen LogP contribution is -2.41. The highest BCUT2D eigenvalue weighted by Crippen LogP contribution is 2.37. The van der Waals surface area contributed by atoms with E-state index in [2.05, 4.69) is 5.32 Å². The second-order valence-electron chi connectivity index (χ2n) is 6.02. The van der Waals surface area contributed by atoms with Crippen molar-refractivity contribution in [2.75, 3.05) is 12.8 Å². The molecule has 114 valence electrons. The lowest BCUT2D eigenvalue weighted by molar-refractivity contribution is 0.00578. The van der Waals surface area contributed by atoms with Crippen molar-refractivity contribution in [3.05, 3.63) is 18.2 Å². The fourth-order valence-electron chi connectivity index (χ4n) is 1.96. The van der Waals surface area contributed by atoms with Gasteiger partial charge < -0.3 is 25.1 Å². The number of amides is 1. The van der Waals surface area contributed by atoms with Gasteiger partial charge in [0.1, 0.15) is 5.75 Å². The SMILES string of the molecule is CNC(=O)Oc1ccc(B2OC(C)(C)C(C)(C)O2)c(N)c1. The highest BCUT2D eigenvalue weighted by Gasteiger charge is 2.52. The molecule has 1 aromatic carbocycles. The summed E-state index contributed by atoms with van der Waals surface area (Å²) in [5.41, 5.74) is 6.34. The van der Waals surface area contributed by atoms with Crippen LogP contribution in [0.3, 0.4) is 0 Å². The number of ether oxygens (including phenoxy) is 1. The molecule has 0 bridgehead atoms. The molecule has 1 fully saturated rings. The Morgan fingerprint density at radius 1 is 1.24 bits per heavy atom. The Hall–Kier alpha value is -1.73. The Bertz CT molecular complexity index is 544. The first-order chi connectivity index (χ1) is 9.66. The molecule has 2 rings (SSSR count). The van der Waals surface area contributed by atoms with Gasteiger partial charge in [-0.15, -0.1) is 0 Å². The molecule has 0 unspecified atom stereocenters. The van der Waals surface area contributed by atoms with Gasteiger partial charge in [0.05, 0.1) is 11.2 Å². The van der Waals surface area contributed by atoms with Crippen LogP contribution in [0.2, 0.25) is 0 Å². The van der Waals surface area contributed by atoms with Gasteiger partial charge in [-0.1, -0.05) is 6.07 Å². The lowest BCUT2D eigenvalue weighted by Gasteiger charge is -2.32. The monoisotopic (exact) mass is 292 g/mol. The predicted octanol–water partition coefficient (Wildman–Crippen LogP) is 1.29. The van der Waals surface area contributed by atoms with Gasteiger partial charge in [0, 0.05) is 24.3 Å². The van der Waals surface area contributed by atoms with Crippen LogP contribution in [0.4, 0.5) is 10.5 Å². The van der Waals surface area contributed by atoms with Crippen molar-refractivity contribution in [1.29, 1.82) is 0 Å². The number of hydrogen-bond donors (Lipinski definition) is 2. The van der Waals surface area contributed by atoms with Gasteiger partial charge in [0.2, 0.25) is 0 Å². The van der Waals surface area contributed by atoms with Crippen LogP contribution in [0.15, 0.2) is 18.2 Å². The van der Waals surface area contributed by atoms with Crippen molar-refractivity contribution < 1.29 is 18.8 Å². The Balaban J connectivity index is 2.21. The molecule has 1 aliphatic heterocycles. The molecule has 1 amide bonds. The molecule has 1 heterocycles. The first-order valence-electron chi connectivity index (χ1n) is 6.81. The van der Waals surface area contributed by atoms with Crippen molar-refractivity contribution in [2.24, 2.45) is 0 Å². The first kappa shape index (κ1) is 15.7. The van der Waals surface area contributed by atoms with Gasteiger partial charge in [0.25, 0.3) is 0 Å². The van der Waals surface area contributed by atoms with Crippen LogP contribution in [0.1, 0.15) is 27.7 Å². The number of nitrogen functional groups attached to an aromatic ring is 1. The first-order valence-corrected chi connectivity index (χ1v) is 6.81. The molecular weight excluding hydrogens is 271 g/mol. The van der Waals surface area contributed by atoms with E-state index in [9.17, 15) is 4.79 Å². The predicted molar refractivity (Wildman–Crippen MR) is 81.7 cm³/mol. The summed E-state index contributed by atoms with van der Waals surface area (Å²) in [6.07, 6.45) is -0.544. The number of anilines is 1. The van der Waals surface area contributed by atoms with Crippen LogP contribution in [0.25, 0.3) is 0 Å². The summed E-state index contributed by atoms with van der Waals surface area (Å²) in [5, 5.41) is 2.37. The van der Waals surface area contributed by atoms with Crippen LogP contribution >= 0.6 is 0 Å². The second-order valence-corrected chi connectivity index (χ2v) is 6.02. The van der Waals surface area contributed by atoms with Crippen LogP contribution < -0.4 is 21.3 Å². The van der Waals surface area contributed by atoms with Gasteiger partial charge in [-0.2, -0.15) is 0 Å². The maximum absolute atomic E-state index is 11.2. The molecule has 0 spiro atoms. The fraction of sp³-hybridized carbons (Fsp3) is 0.500. The number of nitrogens with one attached hydrogen (secondary N) is 1. The number of hydrogen-bond acceptors (Lipinski definition) is 5. The van der Waals surface area contributed by atoms with Crippen molar-refractivity contribution in [3.8, 4) is 5.75 Å². The number of rotatable bonds is 2. The molecule has 21 heavy (non-hydrogen) atoms. The number of nitrogens with two attached hydrogens (primary N) is 1. The molecule has 0 radical (unpaired) electrons. The smallest absolute Gasteiger partial charge is 0.410 e. The van der Waals surface area contributed by atoms with Crippen molar-refractivity contribution in [1.82, 2.24) is 5.32 Å². The van der Waals surface area contributed by atoms with E-state index < -0.39 is 24.4 Å². The van der Waals surface area contributed by atoms with E-state index in [0.717, 1.165) is 5.46 Å². The Kier molecular flexibility index (Phi) is 3.90. The molecule has 1 aliphatic rings. The molecule has 0 atom stereocenters. The Morgan fingerprint density at radius 3 is 2.29 bits per heavy atom. The number of benzene rings is 1. The molecule has 6 nitrogen and oxygen atoms in total. The lowest BCUT2D eigenvalue weighted by atomic mass is 9.78. The number of carbonyl (C=O) groups excluding carboxylic acids is 1. The average Bonchev–Trinajstić information content (AvgIpc) is 2.58. The molecule has 0 saturated carbocycles. The Labute approximate surface area is 125 Å². The number of carbonyl (C=O) groups is 1. The summed E-state index contributed by atoms with van der Waals surface area (Å²) >= 11 is 0. The summed E-state index contributed by atoms with van der Waals surface area (Å²) in [7, 11) is 0.953. The van der Waals surface area contributed by atoms with E-state index >= 15 is 0 Å². The molecule has 0 aliphatic carbocycles. The van der Waals surface area contributed by atoms with Crippen LogP contribution in [-0.2, 0) is 9.31 Å². The maximum Gasteiger partial charge on any atom is 0.496 e.